The lowest BCUT2D eigenvalue weighted by atomic mass is 10.1. The Hall–Kier alpha value is -2.90. The first-order valence-electron chi connectivity index (χ1n) is 9.60. The van der Waals surface area contributed by atoms with E-state index in [1.165, 1.54) is 29.2 Å². The molecule has 1 aliphatic rings. The van der Waals surface area contributed by atoms with Crippen LogP contribution in [0, 0.1) is 5.82 Å². The van der Waals surface area contributed by atoms with Crippen LogP contribution in [0.25, 0.3) is 6.08 Å². The Morgan fingerprint density at radius 2 is 2.07 bits per heavy atom. The number of rotatable bonds is 8. The molecule has 0 radical (unpaired) electrons. The molecule has 8 heteroatoms. The van der Waals surface area contributed by atoms with Gasteiger partial charge in [-0.25, -0.2) is 4.39 Å². The number of carbonyl (C=O) groups excluding carboxylic acids is 2. The van der Waals surface area contributed by atoms with Crippen molar-refractivity contribution in [3.63, 3.8) is 0 Å². The van der Waals surface area contributed by atoms with Crippen molar-refractivity contribution in [3.8, 4) is 5.75 Å². The number of hydrogen-bond donors (Lipinski definition) is 1. The third-order valence-electron chi connectivity index (χ3n) is 4.40. The lowest BCUT2D eigenvalue weighted by Crippen LogP contribution is -2.44. The quantitative estimate of drug-likeness (QED) is 0.509. The number of fused-ring (bicyclic) bond motifs is 1. The summed E-state index contributed by atoms with van der Waals surface area (Å²) >= 11 is 6.07. The molecule has 1 N–H and O–H groups in total. The number of hydrogen-bond acceptors (Lipinski definition) is 4. The van der Waals surface area contributed by atoms with Crippen molar-refractivity contribution in [2.45, 2.75) is 13.3 Å². The van der Waals surface area contributed by atoms with Gasteiger partial charge in [0, 0.05) is 25.3 Å². The second-order valence-corrected chi connectivity index (χ2v) is 6.91. The Morgan fingerprint density at radius 3 is 2.83 bits per heavy atom. The molecule has 1 aliphatic heterocycles. The van der Waals surface area contributed by atoms with Crippen LogP contribution in [0.4, 0.5) is 10.1 Å². The molecule has 2 amide bonds. The van der Waals surface area contributed by atoms with Crippen molar-refractivity contribution in [2.75, 3.05) is 31.2 Å². The van der Waals surface area contributed by atoms with E-state index in [9.17, 15) is 14.0 Å². The molecule has 0 atom stereocenters. The highest BCUT2D eigenvalue weighted by molar-refractivity contribution is 6.32. The van der Waals surface area contributed by atoms with Crippen LogP contribution in [-0.2, 0) is 14.3 Å². The first-order chi connectivity index (χ1) is 14.5. The summed E-state index contributed by atoms with van der Waals surface area (Å²) in [5.74, 6) is -1.19. The summed E-state index contributed by atoms with van der Waals surface area (Å²) < 4.78 is 25.1. The topological polar surface area (TPSA) is 67.9 Å². The number of halogens is 2. The molecular weight excluding hydrogens is 411 g/mol. The van der Waals surface area contributed by atoms with Crippen molar-refractivity contribution < 1.29 is 23.5 Å². The van der Waals surface area contributed by atoms with Crippen LogP contribution in [0.3, 0.4) is 0 Å². The van der Waals surface area contributed by atoms with Crippen molar-refractivity contribution in [3.05, 3.63) is 64.6 Å². The van der Waals surface area contributed by atoms with Crippen molar-refractivity contribution in [1.82, 2.24) is 5.32 Å². The summed E-state index contributed by atoms with van der Waals surface area (Å²) in [5, 5.41) is 2.92. The Balaban J connectivity index is 1.81. The number of nitrogens with zero attached hydrogens (tertiary/aromatic N) is 1. The highest BCUT2D eigenvalue weighted by Crippen LogP contribution is 2.36. The molecule has 0 fully saturated rings. The predicted molar refractivity (Wildman–Crippen MR) is 113 cm³/mol. The molecule has 6 nitrogen and oxygen atoms in total. The smallest absolute Gasteiger partial charge is 0.294 e. The summed E-state index contributed by atoms with van der Waals surface area (Å²) in [6, 6.07) is 11.1. The van der Waals surface area contributed by atoms with Gasteiger partial charge >= 0.3 is 0 Å². The summed E-state index contributed by atoms with van der Waals surface area (Å²) in [4.78, 5) is 26.7. The van der Waals surface area contributed by atoms with Crippen LogP contribution < -0.4 is 15.0 Å². The standard InChI is InChI=1S/C22H22ClFN2O4/c1-2-29-12-6-11-25-21(27)14-26-18-9-3-4-10-19(18)30-20(22(26)28)13-15-16(23)7-5-8-17(15)24/h3-5,7-10,13H,2,6,11-12,14H2,1H3,(H,25,27). The van der Waals surface area contributed by atoms with Gasteiger partial charge < -0.3 is 14.8 Å². The molecule has 158 valence electrons. The Morgan fingerprint density at radius 1 is 1.27 bits per heavy atom. The molecule has 0 spiro atoms. The lowest BCUT2D eigenvalue weighted by molar-refractivity contribution is -0.123. The van der Waals surface area contributed by atoms with E-state index in [0.29, 0.717) is 37.6 Å². The number of ether oxygens (including phenoxy) is 2. The maximum atomic E-state index is 14.2. The molecule has 3 rings (SSSR count). The van der Waals surface area contributed by atoms with E-state index >= 15 is 0 Å². The van der Waals surface area contributed by atoms with Gasteiger partial charge in [0.15, 0.2) is 11.5 Å². The fraction of sp³-hybridized carbons (Fsp3) is 0.273. The van der Waals surface area contributed by atoms with Gasteiger partial charge in [-0.3, -0.25) is 14.5 Å². The molecule has 0 aliphatic carbocycles. The minimum absolute atomic E-state index is 0.0437. The SMILES string of the molecule is CCOCCCNC(=O)CN1C(=O)C(=Cc2c(F)cccc2Cl)Oc2ccccc21. The third-order valence-corrected chi connectivity index (χ3v) is 4.73. The molecule has 0 aromatic heterocycles. The second kappa shape index (κ2) is 10.2. The fourth-order valence-corrected chi connectivity index (χ4v) is 3.16. The fourth-order valence-electron chi connectivity index (χ4n) is 2.94. The molecule has 2 aromatic rings. The average molecular weight is 433 g/mol. The van der Waals surface area contributed by atoms with E-state index in [1.54, 1.807) is 24.3 Å². The van der Waals surface area contributed by atoms with E-state index in [0.717, 1.165) is 0 Å². The third kappa shape index (κ3) is 5.17. The zero-order valence-electron chi connectivity index (χ0n) is 16.5. The Bertz CT molecular complexity index is 944. The van der Waals surface area contributed by atoms with Crippen LogP contribution >= 0.6 is 11.6 Å². The van der Waals surface area contributed by atoms with Gasteiger partial charge in [0.1, 0.15) is 12.4 Å². The summed E-state index contributed by atoms with van der Waals surface area (Å²) in [6.45, 7) is 3.31. The first kappa shape index (κ1) is 21.8. The Labute approximate surface area is 179 Å². The van der Waals surface area contributed by atoms with Gasteiger partial charge in [0.25, 0.3) is 5.91 Å². The minimum Gasteiger partial charge on any atom is -0.449 e. The van der Waals surface area contributed by atoms with Gasteiger partial charge in [0.05, 0.1) is 10.7 Å². The average Bonchev–Trinajstić information content (AvgIpc) is 2.73. The van der Waals surface area contributed by atoms with E-state index in [-0.39, 0.29) is 28.8 Å². The van der Waals surface area contributed by atoms with Crippen LogP contribution in [0.1, 0.15) is 18.9 Å². The van der Waals surface area contributed by atoms with E-state index < -0.39 is 11.7 Å². The van der Waals surface area contributed by atoms with Crippen molar-refractivity contribution in [2.24, 2.45) is 0 Å². The van der Waals surface area contributed by atoms with E-state index in [1.807, 2.05) is 6.92 Å². The van der Waals surface area contributed by atoms with Crippen LogP contribution in [0.2, 0.25) is 5.02 Å². The molecule has 1 heterocycles. The molecule has 0 saturated carbocycles. The number of anilines is 1. The summed E-state index contributed by atoms with van der Waals surface area (Å²) in [6.07, 6.45) is 1.92. The van der Waals surface area contributed by atoms with Crippen LogP contribution in [0.5, 0.6) is 5.75 Å². The maximum Gasteiger partial charge on any atom is 0.294 e. The first-order valence-corrected chi connectivity index (χ1v) is 9.98. The number of carbonyl (C=O) groups is 2. The van der Waals surface area contributed by atoms with Crippen molar-refractivity contribution >= 4 is 35.2 Å². The minimum atomic E-state index is -0.580. The zero-order chi connectivity index (χ0) is 21.5. The van der Waals surface area contributed by atoms with E-state index in [4.69, 9.17) is 21.1 Å². The number of amides is 2. The van der Waals surface area contributed by atoms with Gasteiger partial charge in [-0.15, -0.1) is 0 Å². The summed E-state index contributed by atoms with van der Waals surface area (Å²) in [5.41, 5.74) is 0.506. The second-order valence-electron chi connectivity index (χ2n) is 6.51. The zero-order valence-corrected chi connectivity index (χ0v) is 17.2. The van der Waals surface area contributed by atoms with Crippen LogP contribution in [-0.4, -0.2) is 38.1 Å². The predicted octanol–water partition coefficient (Wildman–Crippen LogP) is 3.79. The molecular formula is C22H22ClFN2O4. The number of para-hydroxylation sites is 2. The maximum absolute atomic E-state index is 14.2. The van der Waals surface area contributed by atoms with Crippen LogP contribution in [0.15, 0.2) is 48.2 Å². The largest absolute Gasteiger partial charge is 0.449 e. The molecule has 2 aromatic carbocycles. The van der Waals surface area contributed by atoms with Crippen molar-refractivity contribution in [1.29, 1.82) is 0 Å². The molecule has 0 bridgehead atoms. The lowest BCUT2D eigenvalue weighted by Gasteiger charge is -2.30. The Kier molecular flexibility index (Phi) is 7.43. The molecule has 0 saturated heterocycles. The summed E-state index contributed by atoms with van der Waals surface area (Å²) in [7, 11) is 0. The van der Waals surface area contributed by atoms with Gasteiger partial charge in [-0.1, -0.05) is 29.8 Å². The highest BCUT2D eigenvalue weighted by Gasteiger charge is 2.31. The van der Waals surface area contributed by atoms with Gasteiger partial charge in [-0.05, 0) is 43.7 Å². The normalized spacial score (nSPS) is 14.4. The number of benzene rings is 2. The monoisotopic (exact) mass is 432 g/mol. The van der Waals surface area contributed by atoms with E-state index in [2.05, 4.69) is 5.32 Å². The molecule has 0 unspecified atom stereocenters. The number of nitrogens with one attached hydrogen (secondary N) is 1. The highest BCUT2D eigenvalue weighted by atomic mass is 35.5. The molecule has 30 heavy (non-hydrogen) atoms. The van der Waals surface area contributed by atoms with Gasteiger partial charge in [0.2, 0.25) is 5.91 Å². The van der Waals surface area contributed by atoms with Gasteiger partial charge in [-0.2, -0.15) is 0 Å².